The van der Waals surface area contributed by atoms with Crippen molar-refractivity contribution >= 4 is 22.9 Å². The van der Waals surface area contributed by atoms with E-state index in [1.807, 2.05) is 59.5 Å². The standard InChI is InChI=1S/C19H16N4O2S/c1-13-16(22-19(25-13)17-3-2-10-26-17)11-18(24)21-14-4-6-15(7-5-14)23-9-8-20-12-23/h2-10,12H,11H2,1H3,(H,21,24). The zero-order valence-electron chi connectivity index (χ0n) is 14.0. The van der Waals surface area contributed by atoms with Crippen LogP contribution in [0.3, 0.4) is 0 Å². The normalized spacial score (nSPS) is 10.8. The van der Waals surface area contributed by atoms with E-state index in [4.69, 9.17) is 4.42 Å². The summed E-state index contributed by atoms with van der Waals surface area (Å²) < 4.78 is 7.58. The van der Waals surface area contributed by atoms with E-state index >= 15 is 0 Å². The molecule has 4 aromatic rings. The third kappa shape index (κ3) is 3.43. The Morgan fingerprint density at radius 2 is 2.12 bits per heavy atom. The number of imidazole rings is 1. The highest BCUT2D eigenvalue weighted by atomic mass is 32.1. The quantitative estimate of drug-likeness (QED) is 0.579. The molecule has 0 aliphatic rings. The van der Waals surface area contributed by atoms with E-state index in [1.165, 1.54) is 0 Å². The molecule has 0 saturated heterocycles. The Kier molecular flexibility index (Phi) is 4.37. The molecule has 0 fully saturated rings. The number of carbonyl (C=O) groups excluding carboxylic acids is 1. The summed E-state index contributed by atoms with van der Waals surface area (Å²) in [6, 6.07) is 11.5. The fraction of sp³-hybridized carbons (Fsp3) is 0.105. The molecule has 0 saturated carbocycles. The highest BCUT2D eigenvalue weighted by Crippen LogP contribution is 2.26. The fourth-order valence-corrected chi connectivity index (χ4v) is 3.23. The molecule has 3 aromatic heterocycles. The first-order valence-corrected chi connectivity index (χ1v) is 8.95. The summed E-state index contributed by atoms with van der Waals surface area (Å²) in [4.78, 5) is 21.8. The number of oxazole rings is 1. The predicted octanol–water partition coefficient (Wildman–Crippen LogP) is 4.08. The van der Waals surface area contributed by atoms with Crippen LogP contribution >= 0.6 is 11.3 Å². The third-order valence-electron chi connectivity index (χ3n) is 3.91. The van der Waals surface area contributed by atoms with Gasteiger partial charge in [-0.1, -0.05) is 6.07 Å². The lowest BCUT2D eigenvalue weighted by molar-refractivity contribution is -0.115. The first kappa shape index (κ1) is 16.3. The molecular weight excluding hydrogens is 348 g/mol. The van der Waals surface area contributed by atoms with E-state index in [2.05, 4.69) is 15.3 Å². The Bertz CT molecular complexity index is 1000. The second kappa shape index (κ2) is 6.97. The second-order valence-electron chi connectivity index (χ2n) is 5.74. The number of nitrogens with zero attached hydrogens (tertiary/aromatic N) is 3. The van der Waals surface area contributed by atoms with Crippen molar-refractivity contribution in [2.24, 2.45) is 0 Å². The minimum Gasteiger partial charge on any atom is -0.440 e. The molecule has 4 rings (SSSR count). The lowest BCUT2D eigenvalue weighted by Gasteiger charge is -2.06. The van der Waals surface area contributed by atoms with Gasteiger partial charge in [0, 0.05) is 23.8 Å². The minimum absolute atomic E-state index is 0.130. The van der Waals surface area contributed by atoms with Crippen LogP contribution in [0.15, 0.2) is 64.9 Å². The van der Waals surface area contributed by atoms with Gasteiger partial charge in [-0.25, -0.2) is 9.97 Å². The van der Waals surface area contributed by atoms with E-state index in [0.717, 1.165) is 16.3 Å². The van der Waals surface area contributed by atoms with Gasteiger partial charge in [-0.3, -0.25) is 4.79 Å². The number of benzene rings is 1. The number of nitrogens with one attached hydrogen (secondary N) is 1. The van der Waals surface area contributed by atoms with Crippen LogP contribution in [0.5, 0.6) is 0 Å². The van der Waals surface area contributed by atoms with Gasteiger partial charge in [-0.15, -0.1) is 11.3 Å². The van der Waals surface area contributed by atoms with Crippen molar-refractivity contribution in [1.82, 2.24) is 14.5 Å². The Balaban J connectivity index is 1.43. The number of aromatic nitrogens is 3. The molecule has 1 amide bonds. The average molecular weight is 364 g/mol. The van der Waals surface area contributed by atoms with Gasteiger partial charge in [-0.2, -0.15) is 0 Å². The molecule has 1 N–H and O–H groups in total. The molecule has 0 spiro atoms. The van der Waals surface area contributed by atoms with Gasteiger partial charge in [0.25, 0.3) is 0 Å². The van der Waals surface area contributed by atoms with Crippen LogP contribution in [0.25, 0.3) is 16.5 Å². The number of rotatable bonds is 5. The highest BCUT2D eigenvalue weighted by molar-refractivity contribution is 7.13. The Hall–Kier alpha value is -3.19. The second-order valence-corrected chi connectivity index (χ2v) is 6.69. The van der Waals surface area contributed by atoms with Crippen molar-refractivity contribution in [3.63, 3.8) is 0 Å². The van der Waals surface area contributed by atoms with Crippen molar-refractivity contribution in [1.29, 1.82) is 0 Å². The van der Waals surface area contributed by atoms with Gasteiger partial charge in [0.15, 0.2) is 0 Å². The average Bonchev–Trinajstić information content (AvgIpc) is 3.38. The van der Waals surface area contributed by atoms with E-state index in [1.54, 1.807) is 23.9 Å². The molecule has 3 heterocycles. The van der Waals surface area contributed by atoms with Crippen molar-refractivity contribution in [2.45, 2.75) is 13.3 Å². The van der Waals surface area contributed by atoms with Crippen molar-refractivity contribution in [3.8, 4) is 16.5 Å². The van der Waals surface area contributed by atoms with Crippen molar-refractivity contribution in [3.05, 3.63) is 72.0 Å². The van der Waals surface area contributed by atoms with Crippen LogP contribution < -0.4 is 5.32 Å². The maximum atomic E-state index is 12.3. The molecule has 0 bridgehead atoms. The Morgan fingerprint density at radius 3 is 2.81 bits per heavy atom. The van der Waals surface area contributed by atoms with Gasteiger partial charge in [0.05, 0.1) is 23.3 Å². The number of thiophene rings is 1. The van der Waals surface area contributed by atoms with Crippen molar-refractivity contribution in [2.75, 3.05) is 5.32 Å². The van der Waals surface area contributed by atoms with E-state index < -0.39 is 0 Å². The van der Waals surface area contributed by atoms with Crippen LogP contribution in [0.1, 0.15) is 11.5 Å². The summed E-state index contributed by atoms with van der Waals surface area (Å²) in [6.07, 6.45) is 5.49. The molecular formula is C19H16N4O2S. The summed E-state index contributed by atoms with van der Waals surface area (Å²) in [5.41, 5.74) is 2.37. The summed E-state index contributed by atoms with van der Waals surface area (Å²) >= 11 is 1.56. The highest BCUT2D eigenvalue weighted by Gasteiger charge is 2.15. The fourth-order valence-electron chi connectivity index (χ4n) is 2.58. The summed E-state index contributed by atoms with van der Waals surface area (Å²) in [7, 11) is 0. The molecule has 0 aliphatic carbocycles. The largest absolute Gasteiger partial charge is 0.440 e. The molecule has 0 aliphatic heterocycles. The van der Waals surface area contributed by atoms with E-state index in [-0.39, 0.29) is 12.3 Å². The maximum absolute atomic E-state index is 12.3. The van der Waals surface area contributed by atoms with Gasteiger partial charge in [0.1, 0.15) is 5.76 Å². The molecule has 0 unspecified atom stereocenters. The van der Waals surface area contributed by atoms with Crippen LogP contribution in [0.4, 0.5) is 5.69 Å². The zero-order chi connectivity index (χ0) is 17.9. The van der Waals surface area contributed by atoms with Gasteiger partial charge < -0.3 is 14.3 Å². The van der Waals surface area contributed by atoms with Gasteiger partial charge in [-0.05, 0) is 42.6 Å². The third-order valence-corrected chi connectivity index (χ3v) is 4.76. The van der Waals surface area contributed by atoms with Crippen LogP contribution in [0, 0.1) is 6.92 Å². The molecule has 1 aromatic carbocycles. The van der Waals surface area contributed by atoms with Crippen LogP contribution in [0.2, 0.25) is 0 Å². The first-order valence-electron chi connectivity index (χ1n) is 8.07. The molecule has 7 heteroatoms. The molecule has 6 nitrogen and oxygen atoms in total. The minimum atomic E-state index is -0.130. The van der Waals surface area contributed by atoms with Gasteiger partial charge >= 0.3 is 0 Å². The number of anilines is 1. The number of aryl methyl sites for hydroxylation is 1. The topological polar surface area (TPSA) is 73.0 Å². The van der Waals surface area contributed by atoms with Gasteiger partial charge in [0.2, 0.25) is 11.8 Å². The SMILES string of the molecule is Cc1oc(-c2cccs2)nc1CC(=O)Nc1ccc(-n2ccnc2)cc1. The number of amides is 1. The summed E-state index contributed by atoms with van der Waals surface area (Å²) in [6.45, 7) is 1.83. The molecule has 0 radical (unpaired) electrons. The first-order chi connectivity index (χ1) is 12.7. The van der Waals surface area contributed by atoms with Crippen LogP contribution in [-0.4, -0.2) is 20.4 Å². The number of hydrogen-bond acceptors (Lipinski definition) is 5. The number of carbonyl (C=O) groups is 1. The molecule has 130 valence electrons. The Labute approximate surface area is 154 Å². The van der Waals surface area contributed by atoms with Crippen LogP contribution in [-0.2, 0) is 11.2 Å². The summed E-state index contributed by atoms with van der Waals surface area (Å²) in [5.74, 6) is 1.10. The number of hydrogen-bond donors (Lipinski definition) is 1. The lowest BCUT2D eigenvalue weighted by atomic mass is 10.2. The van der Waals surface area contributed by atoms with E-state index in [0.29, 0.717) is 17.3 Å². The molecule has 0 atom stereocenters. The zero-order valence-corrected chi connectivity index (χ0v) is 14.9. The van der Waals surface area contributed by atoms with Crippen molar-refractivity contribution < 1.29 is 9.21 Å². The molecule has 26 heavy (non-hydrogen) atoms. The monoisotopic (exact) mass is 364 g/mol. The van der Waals surface area contributed by atoms with E-state index in [9.17, 15) is 4.79 Å². The summed E-state index contributed by atoms with van der Waals surface area (Å²) in [5, 5.41) is 4.86. The predicted molar refractivity (Wildman–Crippen MR) is 100 cm³/mol. The lowest BCUT2D eigenvalue weighted by Crippen LogP contribution is -2.15. The smallest absolute Gasteiger partial charge is 0.236 e. The maximum Gasteiger partial charge on any atom is 0.236 e. The Morgan fingerprint density at radius 1 is 1.27 bits per heavy atom.